The molecule has 0 saturated heterocycles. The van der Waals surface area contributed by atoms with Gasteiger partial charge in [0.05, 0.1) is 12.2 Å². The van der Waals surface area contributed by atoms with Gasteiger partial charge in [-0.25, -0.2) is 0 Å². The van der Waals surface area contributed by atoms with Crippen LogP contribution in [-0.4, -0.2) is 16.8 Å². The first-order chi connectivity index (χ1) is 10.2. The van der Waals surface area contributed by atoms with E-state index in [0.717, 1.165) is 12.0 Å². The molecule has 1 aromatic carbocycles. The molecule has 21 heavy (non-hydrogen) atoms. The second-order valence-corrected chi connectivity index (χ2v) is 4.47. The van der Waals surface area contributed by atoms with Crippen molar-refractivity contribution in [2.45, 2.75) is 19.9 Å². The van der Waals surface area contributed by atoms with E-state index in [1.807, 2.05) is 31.2 Å². The van der Waals surface area contributed by atoms with E-state index in [-0.39, 0.29) is 6.54 Å². The van der Waals surface area contributed by atoms with Gasteiger partial charge in [0.25, 0.3) is 0 Å². The number of carbonyl (C=O) groups excluding carboxylic acids is 2. The Kier molecular flexibility index (Phi) is 5.04. The van der Waals surface area contributed by atoms with Crippen LogP contribution in [0, 0.1) is 0 Å². The molecule has 2 amide bonds. The number of hydrogen-bond donors (Lipinski definition) is 2. The summed E-state index contributed by atoms with van der Waals surface area (Å²) >= 11 is 0. The van der Waals surface area contributed by atoms with Gasteiger partial charge in [0.15, 0.2) is 0 Å². The smallest absolute Gasteiger partial charge is 0.313 e. The molecular formula is C16H17N3O2. The molecule has 0 atom stereocenters. The van der Waals surface area contributed by atoms with Crippen LogP contribution in [0.5, 0.6) is 0 Å². The highest BCUT2D eigenvalue weighted by Crippen LogP contribution is 2.15. The number of nitrogens with one attached hydrogen (secondary N) is 2. The fourth-order valence-corrected chi connectivity index (χ4v) is 1.88. The van der Waals surface area contributed by atoms with Crippen molar-refractivity contribution in [3.05, 3.63) is 59.9 Å². The van der Waals surface area contributed by atoms with Crippen LogP contribution >= 0.6 is 0 Å². The molecule has 5 nitrogen and oxygen atoms in total. The lowest BCUT2D eigenvalue weighted by atomic mass is 10.1. The second kappa shape index (κ2) is 7.19. The van der Waals surface area contributed by atoms with Crippen molar-refractivity contribution in [3.63, 3.8) is 0 Å². The Morgan fingerprint density at radius 2 is 1.81 bits per heavy atom. The van der Waals surface area contributed by atoms with Gasteiger partial charge in [-0.2, -0.15) is 0 Å². The number of para-hydroxylation sites is 1. The summed E-state index contributed by atoms with van der Waals surface area (Å²) in [6.07, 6.45) is 2.42. The standard InChI is InChI=1S/C16H17N3O2/c1-2-12-7-3-4-9-14(12)19-16(21)15(20)18-11-13-8-5-6-10-17-13/h3-10H,2,11H2,1H3,(H,18,20)(H,19,21). The Hall–Kier alpha value is -2.69. The molecule has 0 saturated carbocycles. The number of hydrogen-bond acceptors (Lipinski definition) is 3. The molecule has 108 valence electrons. The van der Waals surface area contributed by atoms with Crippen molar-refractivity contribution in [3.8, 4) is 0 Å². The van der Waals surface area contributed by atoms with Crippen molar-refractivity contribution in [1.82, 2.24) is 10.3 Å². The highest BCUT2D eigenvalue weighted by atomic mass is 16.2. The minimum absolute atomic E-state index is 0.225. The Labute approximate surface area is 123 Å². The summed E-state index contributed by atoms with van der Waals surface area (Å²) in [6.45, 7) is 2.22. The first-order valence-electron chi connectivity index (χ1n) is 6.77. The van der Waals surface area contributed by atoms with Gasteiger partial charge in [-0.05, 0) is 30.2 Å². The lowest BCUT2D eigenvalue weighted by Gasteiger charge is -2.09. The normalized spacial score (nSPS) is 9.95. The molecule has 0 aliphatic rings. The molecule has 0 aliphatic carbocycles. The Balaban J connectivity index is 1.92. The average molecular weight is 283 g/mol. The number of aromatic nitrogens is 1. The predicted molar refractivity (Wildman–Crippen MR) is 80.5 cm³/mol. The average Bonchev–Trinajstić information content (AvgIpc) is 2.54. The van der Waals surface area contributed by atoms with Crippen LogP contribution in [-0.2, 0) is 22.6 Å². The largest absolute Gasteiger partial charge is 0.342 e. The van der Waals surface area contributed by atoms with Crippen molar-refractivity contribution in [1.29, 1.82) is 0 Å². The van der Waals surface area contributed by atoms with E-state index < -0.39 is 11.8 Å². The third kappa shape index (κ3) is 4.14. The van der Waals surface area contributed by atoms with E-state index in [1.54, 1.807) is 24.4 Å². The van der Waals surface area contributed by atoms with Crippen molar-refractivity contribution in [2.24, 2.45) is 0 Å². The number of aryl methyl sites for hydroxylation is 1. The predicted octanol–water partition coefficient (Wildman–Crippen LogP) is 1.90. The lowest BCUT2D eigenvalue weighted by molar-refractivity contribution is -0.136. The highest BCUT2D eigenvalue weighted by molar-refractivity contribution is 6.39. The van der Waals surface area contributed by atoms with E-state index in [9.17, 15) is 9.59 Å². The van der Waals surface area contributed by atoms with Gasteiger partial charge in [0, 0.05) is 11.9 Å². The van der Waals surface area contributed by atoms with Gasteiger partial charge >= 0.3 is 11.8 Å². The first-order valence-corrected chi connectivity index (χ1v) is 6.77. The van der Waals surface area contributed by atoms with Gasteiger partial charge in [0.1, 0.15) is 0 Å². The van der Waals surface area contributed by atoms with E-state index in [1.165, 1.54) is 0 Å². The highest BCUT2D eigenvalue weighted by Gasteiger charge is 2.14. The SMILES string of the molecule is CCc1ccccc1NC(=O)C(=O)NCc1ccccn1. The Morgan fingerprint density at radius 3 is 2.52 bits per heavy atom. The van der Waals surface area contributed by atoms with Crippen LogP contribution in [0.1, 0.15) is 18.2 Å². The van der Waals surface area contributed by atoms with Crippen molar-refractivity contribution in [2.75, 3.05) is 5.32 Å². The summed E-state index contributed by atoms with van der Waals surface area (Å²) in [5.74, 6) is -1.35. The number of amides is 2. The number of nitrogens with zero attached hydrogens (tertiary/aromatic N) is 1. The van der Waals surface area contributed by atoms with Crippen LogP contribution in [0.4, 0.5) is 5.69 Å². The molecule has 0 spiro atoms. The molecule has 1 heterocycles. The molecule has 2 aromatic rings. The minimum atomic E-state index is -0.674. The summed E-state index contributed by atoms with van der Waals surface area (Å²) in [5.41, 5.74) is 2.36. The van der Waals surface area contributed by atoms with Crippen molar-refractivity contribution < 1.29 is 9.59 Å². The Bertz CT molecular complexity index is 626. The van der Waals surface area contributed by atoms with E-state index in [4.69, 9.17) is 0 Å². The van der Waals surface area contributed by atoms with Crippen LogP contribution in [0.15, 0.2) is 48.7 Å². The van der Waals surface area contributed by atoms with E-state index in [0.29, 0.717) is 11.4 Å². The topological polar surface area (TPSA) is 71.1 Å². The maximum Gasteiger partial charge on any atom is 0.313 e. The number of pyridine rings is 1. The summed E-state index contributed by atoms with van der Waals surface area (Å²) in [6, 6.07) is 12.8. The fraction of sp³-hybridized carbons (Fsp3) is 0.188. The quantitative estimate of drug-likeness (QED) is 0.842. The monoisotopic (exact) mass is 283 g/mol. The van der Waals surface area contributed by atoms with Gasteiger partial charge in [-0.1, -0.05) is 31.2 Å². The van der Waals surface area contributed by atoms with Crippen LogP contribution in [0.3, 0.4) is 0 Å². The van der Waals surface area contributed by atoms with E-state index >= 15 is 0 Å². The number of benzene rings is 1. The summed E-state index contributed by atoms with van der Waals surface area (Å²) in [7, 11) is 0. The minimum Gasteiger partial charge on any atom is -0.342 e. The molecule has 2 N–H and O–H groups in total. The second-order valence-electron chi connectivity index (χ2n) is 4.47. The molecule has 5 heteroatoms. The molecule has 2 rings (SSSR count). The zero-order valence-corrected chi connectivity index (χ0v) is 11.8. The molecule has 0 radical (unpaired) electrons. The van der Waals surface area contributed by atoms with Crippen LogP contribution < -0.4 is 10.6 Å². The molecule has 1 aromatic heterocycles. The van der Waals surface area contributed by atoms with Gasteiger partial charge in [-0.15, -0.1) is 0 Å². The Morgan fingerprint density at radius 1 is 1.05 bits per heavy atom. The maximum atomic E-state index is 11.9. The van der Waals surface area contributed by atoms with Gasteiger partial charge in [-0.3, -0.25) is 14.6 Å². The lowest BCUT2D eigenvalue weighted by Crippen LogP contribution is -2.35. The summed E-state index contributed by atoms with van der Waals surface area (Å²) in [5, 5.41) is 5.17. The maximum absolute atomic E-state index is 11.9. The molecular weight excluding hydrogens is 266 g/mol. The zero-order chi connectivity index (χ0) is 15.1. The molecule has 0 fully saturated rings. The number of anilines is 1. The number of rotatable bonds is 4. The summed E-state index contributed by atoms with van der Waals surface area (Å²) in [4.78, 5) is 27.7. The van der Waals surface area contributed by atoms with Crippen LogP contribution in [0.2, 0.25) is 0 Å². The first kappa shape index (κ1) is 14.7. The molecule has 0 unspecified atom stereocenters. The van der Waals surface area contributed by atoms with Crippen molar-refractivity contribution >= 4 is 17.5 Å². The molecule has 0 bridgehead atoms. The van der Waals surface area contributed by atoms with Gasteiger partial charge in [0.2, 0.25) is 0 Å². The van der Waals surface area contributed by atoms with E-state index in [2.05, 4.69) is 15.6 Å². The zero-order valence-electron chi connectivity index (χ0n) is 11.8. The third-order valence-corrected chi connectivity index (χ3v) is 3.01. The van der Waals surface area contributed by atoms with Crippen LogP contribution in [0.25, 0.3) is 0 Å². The fourth-order valence-electron chi connectivity index (χ4n) is 1.88. The number of carbonyl (C=O) groups is 2. The van der Waals surface area contributed by atoms with Gasteiger partial charge < -0.3 is 10.6 Å². The summed E-state index contributed by atoms with van der Waals surface area (Å²) < 4.78 is 0. The molecule has 0 aliphatic heterocycles. The third-order valence-electron chi connectivity index (χ3n) is 3.01.